The Morgan fingerprint density at radius 2 is 1.68 bits per heavy atom. The molecule has 1 N–H and O–H groups in total. The molecule has 4 atom stereocenters. The fourth-order valence-corrected chi connectivity index (χ4v) is 4.51. The molecule has 0 aromatic rings. The number of nitrogens with one attached hydrogen (secondary N) is 1. The van der Waals surface area contributed by atoms with Gasteiger partial charge in [0.15, 0.2) is 0 Å². The molecule has 22 heavy (non-hydrogen) atoms. The number of ether oxygens (including phenoxy) is 1. The molecule has 3 fully saturated rings. The van der Waals surface area contributed by atoms with Crippen LogP contribution in [0.15, 0.2) is 12.2 Å². The van der Waals surface area contributed by atoms with Crippen LogP contribution < -0.4 is 5.32 Å². The summed E-state index contributed by atoms with van der Waals surface area (Å²) >= 11 is 0. The van der Waals surface area contributed by atoms with Gasteiger partial charge >= 0.3 is 0 Å². The second kappa shape index (κ2) is 5.19. The van der Waals surface area contributed by atoms with Crippen molar-refractivity contribution in [3.8, 4) is 0 Å². The molecular formula is C16H20N2O4. The first-order chi connectivity index (χ1) is 10.7. The summed E-state index contributed by atoms with van der Waals surface area (Å²) in [5.41, 5.74) is 0. The summed E-state index contributed by atoms with van der Waals surface area (Å²) in [5, 5.41) is 2.72. The van der Waals surface area contributed by atoms with E-state index in [4.69, 9.17) is 4.74 Å². The molecule has 6 nitrogen and oxygen atoms in total. The standard InChI is InChI=1S/C16H20N2O4/c19-8-17-7-9-1-3-10(4-2-9)18-15(20)13-11-5-6-12(22-11)14(13)16(18)21/h5-6,8-14H,1-4,7H2,(H,17,19)/t9-,10-,11?,12?,13?,14?. The zero-order chi connectivity index (χ0) is 15.3. The van der Waals surface area contributed by atoms with Crippen LogP contribution in [0.25, 0.3) is 0 Å². The SMILES string of the molecule is O=CNC[C@H]1CC[C@H](N2C(=O)C3C4C=CC(O4)C3C2=O)CC1. The quantitative estimate of drug-likeness (QED) is 0.458. The highest BCUT2D eigenvalue weighted by atomic mass is 16.5. The van der Waals surface area contributed by atoms with Crippen molar-refractivity contribution in [1.82, 2.24) is 10.2 Å². The van der Waals surface area contributed by atoms with Crippen LogP contribution in [0.3, 0.4) is 0 Å². The van der Waals surface area contributed by atoms with Crippen molar-refractivity contribution in [2.75, 3.05) is 6.54 Å². The Morgan fingerprint density at radius 3 is 2.23 bits per heavy atom. The first-order valence-corrected chi connectivity index (χ1v) is 8.08. The van der Waals surface area contributed by atoms with Gasteiger partial charge in [-0.15, -0.1) is 0 Å². The zero-order valence-electron chi connectivity index (χ0n) is 12.3. The number of hydrogen-bond donors (Lipinski definition) is 1. The Balaban J connectivity index is 1.43. The van der Waals surface area contributed by atoms with Gasteiger partial charge in [0, 0.05) is 12.6 Å². The molecule has 4 rings (SSSR count). The largest absolute Gasteiger partial charge is 0.365 e. The van der Waals surface area contributed by atoms with Gasteiger partial charge in [0.2, 0.25) is 18.2 Å². The van der Waals surface area contributed by atoms with Crippen molar-refractivity contribution in [1.29, 1.82) is 0 Å². The topological polar surface area (TPSA) is 75.7 Å². The third-order valence-corrected chi connectivity index (χ3v) is 5.62. The Labute approximate surface area is 128 Å². The highest BCUT2D eigenvalue weighted by Gasteiger charge is 2.61. The van der Waals surface area contributed by atoms with E-state index in [-0.39, 0.29) is 41.9 Å². The monoisotopic (exact) mass is 304 g/mol. The van der Waals surface area contributed by atoms with E-state index >= 15 is 0 Å². The average molecular weight is 304 g/mol. The lowest BCUT2D eigenvalue weighted by molar-refractivity contribution is -0.146. The van der Waals surface area contributed by atoms with Gasteiger partial charge in [0.1, 0.15) is 0 Å². The molecule has 0 radical (unpaired) electrons. The number of rotatable bonds is 4. The highest BCUT2D eigenvalue weighted by Crippen LogP contribution is 2.46. The fourth-order valence-electron chi connectivity index (χ4n) is 4.51. The lowest BCUT2D eigenvalue weighted by Gasteiger charge is -2.34. The Morgan fingerprint density at radius 1 is 1.09 bits per heavy atom. The molecular weight excluding hydrogens is 284 g/mol. The molecule has 3 heterocycles. The number of hydrogen-bond acceptors (Lipinski definition) is 4. The molecule has 118 valence electrons. The minimum Gasteiger partial charge on any atom is -0.365 e. The Kier molecular flexibility index (Phi) is 3.29. The number of amides is 3. The predicted octanol–water partition coefficient (Wildman–Crippen LogP) is 0.230. The van der Waals surface area contributed by atoms with Crippen molar-refractivity contribution in [3.63, 3.8) is 0 Å². The van der Waals surface area contributed by atoms with Gasteiger partial charge in [-0.25, -0.2) is 0 Å². The number of carbonyl (C=O) groups is 3. The maximum Gasteiger partial charge on any atom is 0.236 e. The maximum absolute atomic E-state index is 12.7. The van der Waals surface area contributed by atoms with Crippen LogP contribution in [0, 0.1) is 17.8 Å². The predicted molar refractivity (Wildman–Crippen MR) is 76.4 cm³/mol. The molecule has 6 heteroatoms. The van der Waals surface area contributed by atoms with Crippen molar-refractivity contribution in [3.05, 3.63) is 12.2 Å². The van der Waals surface area contributed by atoms with Crippen molar-refractivity contribution >= 4 is 18.2 Å². The van der Waals surface area contributed by atoms with Gasteiger partial charge in [-0.2, -0.15) is 0 Å². The van der Waals surface area contributed by atoms with Gasteiger partial charge in [-0.05, 0) is 31.6 Å². The zero-order valence-corrected chi connectivity index (χ0v) is 12.3. The molecule has 4 aliphatic rings. The van der Waals surface area contributed by atoms with Crippen molar-refractivity contribution in [2.45, 2.75) is 43.9 Å². The number of nitrogens with zero attached hydrogens (tertiary/aromatic N) is 1. The van der Waals surface area contributed by atoms with E-state index in [1.165, 1.54) is 4.90 Å². The summed E-state index contributed by atoms with van der Waals surface area (Å²) in [5.74, 6) is -0.216. The van der Waals surface area contributed by atoms with E-state index in [0.29, 0.717) is 12.5 Å². The van der Waals surface area contributed by atoms with Gasteiger partial charge in [0.25, 0.3) is 0 Å². The van der Waals surface area contributed by atoms with Crippen LogP contribution in [-0.2, 0) is 19.1 Å². The number of imide groups is 1. The first kappa shape index (κ1) is 13.9. The Hall–Kier alpha value is -1.69. The van der Waals surface area contributed by atoms with E-state index in [1.54, 1.807) is 0 Å². The number of likely N-dealkylation sites (tertiary alicyclic amines) is 1. The van der Waals surface area contributed by atoms with E-state index in [2.05, 4.69) is 5.32 Å². The summed E-state index contributed by atoms with van der Waals surface area (Å²) in [6.07, 6.45) is 7.72. The van der Waals surface area contributed by atoms with Gasteiger partial charge in [-0.1, -0.05) is 12.2 Å². The van der Waals surface area contributed by atoms with Crippen molar-refractivity contribution in [2.24, 2.45) is 17.8 Å². The first-order valence-electron chi connectivity index (χ1n) is 8.08. The van der Waals surface area contributed by atoms with E-state index < -0.39 is 0 Å². The summed E-state index contributed by atoms with van der Waals surface area (Å²) < 4.78 is 5.66. The molecule has 4 unspecified atom stereocenters. The molecule has 3 amide bonds. The molecule has 2 saturated heterocycles. The molecule has 1 aliphatic carbocycles. The van der Waals surface area contributed by atoms with Crippen LogP contribution in [0.5, 0.6) is 0 Å². The smallest absolute Gasteiger partial charge is 0.236 e. The lowest BCUT2D eigenvalue weighted by atomic mass is 9.85. The van der Waals surface area contributed by atoms with E-state index in [0.717, 1.165) is 32.1 Å². The summed E-state index contributed by atoms with van der Waals surface area (Å²) in [4.78, 5) is 37.2. The van der Waals surface area contributed by atoms with Crippen LogP contribution in [0.1, 0.15) is 25.7 Å². The minimum atomic E-state index is -0.294. The number of carbonyl (C=O) groups excluding carboxylic acids is 3. The molecule has 3 aliphatic heterocycles. The maximum atomic E-state index is 12.7. The third kappa shape index (κ3) is 1.93. The van der Waals surface area contributed by atoms with Crippen molar-refractivity contribution < 1.29 is 19.1 Å². The van der Waals surface area contributed by atoms with E-state index in [9.17, 15) is 14.4 Å². The average Bonchev–Trinajstić information content (AvgIpc) is 3.20. The highest BCUT2D eigenvalue weighted by molar-refractivity contribution is 6.07. The molecule has 1 saturated carbocycles. The second-order valence-corrected chi connectivity index (χ2v) is 6.75. The molecule has 0 aromatic heterocycles. The Bertz CT molecular complexity index is 508. The number of fused-ring (bicyclic) bond motifs is 5. The van der Waals surface area contributed by atoms with Gasteiger partial charge < -0.3 is 10.1 Å². The van der Waals surface area contributed by atoms with Gasteiger partial charge in [0.05, 0.1) is 24.0 Å². The summed E-state index contributed by atoms with van der Waals surface area (Å²) in [6, 6.07) is 0.0254. The molecule has 0 spiro atoms. The normalized spacial score (nSPS) is 42.8. The fraction of sp³-hybridized carbons (Fsp3) is 0.688. The lowest BCUT2D eigenvalue weighted by Crippen LogP contribution is -2.45. The molecule has 2 bridgehead atoms. The minimum absolute atomic E-state index is 0.0254. The molecule has 0 aromatic carbocycles. The van der Waals surface area contributed by atoms with E-state index in [1.807, 2.05) is 12.2 Å². The third-order valence-electron chi connectivity index (χ3n) is 5.62. The van der Waals surface area contributed by atoms with Gasteiger partial charge in [-0.3, -0.25) is 19.3 Å². The summed E-state index contributed by atoms with van der Waals surface area (Å²) in [7, 11) is 0. The second-order valence-electron chi connectivity index (χ2n) is 6.75. The summed E-state index contributed by atoms with van der Waals surface area (Å²) in [6.45, 7) is 0.686. The van der Waals surface area contributed by atoms with Crippen LogP contribution in [-0.4, -0.2) is 47.9 Å². The van der Waals surface area contributed by atoms with Crippen LogP contribution in [0.4, 0.5) is 0 Å². The van der Waals surface area contributed by atoms with Crippen LogP contribution >= 0.6 is 0 Å². The van der Waals surface area contributed by atoms with Crippen LogP contribution in [0.2, 0.25) is 0 Å².